The maximum absolute atomic E-state index is 12.9. The first kappa shape index (κ1) is 15.4. The lowest BCUT2D eigenvalue weighted by Crippen LogP contribution is -2.43. The monoisotopic (exact) mass is 335 g/mol. The van der Waals surface area contributed by atoms with Crippen molar-refractivity contribution in [3.05, 3.63) is 53.6 Å². The van der Waals surface area contributed by atoms with Gasteiger partial charge in [-0.25, -0.2) is 4.98 Å². The van der Waals surface area contributed by atoms with Gasteiger partial charge in [-0.05, 0) is 24.6 Å². The number of halogens is 1. The predicted octanol–water partition coefficient (Wildman–Crippen LogP) is 3.41. The van der Waals surface area contributed by atoms with Gasteiger partial charge in [-0.15, -0.1) is 0 Å². The first-order valence-electron chi connectivity index (χ1n) is 7.28. The molecule has 2 aromatic rings. The van der Waals surface area contributed by atoms with E-state index in [2.05, 4.69) is 4.98 Å². The Morgan fingerprint density at radius 3 is 2.86 bits per heavy atom. The summed E-state index contributed by atoms with van der Waals surface area (Å²) >= 11 is 7.86. The normalized spacial score (nSPS) is 19.9. The number of amides is 1. The van der Waals surface area contributed by atoms with E-state index in [0.717, 1.165) is 28.6 Å². The molecule has 6 heteroatoms. The number of nitrogens with zero attached hydrogens (tertiary/aromatic N) is 3. The van der Waals surface area contributed by atoms with Crippen LogP contribution in [0.1, 0.15) is 24.6 Å². The zero-order valence-corrected chi connectivity index (χ0v) is 13.9. The second-order valence-corrected chi connectivity index (χ2v) is 6.95. The molecular weight excluding hydrogens is 318 g/mol. The van der Waals surface area contributed by atoms with Crippen molar-refractivity contribution in [2.24, 2.45) is 0 Å². The molecule has 1 saturated heterocycles. The van der Waals surface area contributed by atoms with Gasteiger partial charge in [0.15, 0.2) is 0 Å². The fourth-order valence-corrected chi connectivity index (χ4v) is 3.91. The van der Waals surface area contributed by atoms with Gasteiger partial charge in [0.05, 0.1) is 12.4 Å². The third kappa shape index (κ3) is 3.15. The molecule has 3 rings (SSSR count). The van der Waals surface area contributed by atoms with Crippen LogP contribution >= 0.6 is 23.4 Å². The molecule has 0 N–H and O–H groups in total. The molecule has 116 valence electrons. The lowest BCUT2D eigenvalue weighted by molar-refractivity contribution is -0.136. The zero-order valence-electron chi connectivity index (χ0n) is 12.4. The molecule has 0 saturated carbocycles. The Kier molecular flexibility index (Phi) is 4.74. The van der Waals surface area contributed by atoms with E-state index in [4.69, 9.17) is 11.6 Å². The first-order chi connectivity index (χ1) is 10.7. The highest BCUT2D eigenvalue weighted by Gasteiger charge is 2.31. The number of hydrogen-bond acceptors (Lipinski definition) is 3. The highest BCUT2D eigenvalue weighted by atomic mass is 35.5. The van der Waals surface area contributed by atoms with Crippen LogP contribution in [0.2, 0.25) is 5.02 Å². The minimum atomic E-state index is -0.236. The fourth-order valence-electron chi connectivity index (χ4n) is 2.69. The summed E-state index contributed by atoms with van der Waals surface area (Å²) in [5.41, 5.74) is 1.14. The van der Waals surface area contributed by atoms with Gasteiger partial charge in [0.25, 0.3) is 0 Å². The molecule has 0 bridgehead atoms. The van der Waals surface area contributed by atoms with Crippen LogP contribution in [0, 0.1) is 0 Å². The van der Waals surface area contributed by atoms with E-state index in [1.807, 2.05) is 58.6 Å². The average Bonchev–Trinajstić information content (AvgIpc) is 3.09. The van der Waals surface area contributed by atoms with E-state index >= 15 is 0 Å². The zero-order chi connectivity index (χ0) is 15.5. The van der Waals surface area contributed by atoms with Gasteiger partial charge >= 0.3 is 0 Å². The largest absolute Gasteiger partial charge is 0.332 e. The number of thioether (sulfide) groups is 1. The number of imidazole rings is 1. The highest BCUT2D eigenvalue weighted by Crippen LogP contribution is 2.32. The lowest BCUT2D eigenvalue weighted by Gasteiger charge is -2.37. The van der Waals surface area contributed by atoms with E-state index in [1.54, 1.807) is 12.5 Å². The van der Waals surface area contributed by atoms with Crippen LogP contribution in [0.5, 0.6) is 0 Å². The minimum absolute atomic E-state index is 0.106. The smallest absolute Gasteiger partial charge is 0.245 e. The molecule has 0 spiro atoms. The Hall–Kier alpha value is -1.46. The van der Waals surface area contributed by atoms with Crippen molar-refractivity contribution in [1.29, 1.82) is 0 Å². The molecule has 1 fully saturated rings. The molecule has 1 aliphatic heterocycles. The summed E-state index contributed by atoms with van der Waals surface area (Å²) in [6.07, 6.45) is 5.23. The highest BCUT2D eigenvalue weighted by molar-refractivity contribution is 7.99. The Morgan fingerprint density at radius 1 is 1.41 bits per heavy atom. The molecule has 2 heterocycles. The lowest BCUT2D eigenvalue weighted by atomic mass is 10.1. The molecular formula is C16H18ClN3OS. The molecule has 0 radical (unpaired) electrons. The summed E-state index contributed by atoms with van der Waals surface area (Å²) in [6, 6.07) is 7.67. The molecule has 4 nitrogen and oxygen atoms in total. The quantitative estimate of drug-likeness (QED) is 0.862. The van der Waals surface area contributed by atoms with Crippen molar-refractivity contribution in [3.8, 4) is 0 Å². The molecule has 1 aromatic heterocycles. The second kappa shape index (κ2) is 6.75. The van der Waals surface area contributed by atoms with E-state index < -0.39 is 0 Å². The Balaban J connectivity index is 1.83. The van der Waals surface area contributed by atoms with E-state index in [9.17, 15) is 4.79 Å². The summed E-state index contributed by atoms with van der Waals surface area (Å²) in [7, 11) is 0. The van der Waals surface area contributed by atoms with Crippen molar-refractivity contribution in [3.63, 3.8) is 0 Å². The molecule has 1 aromatic carbocycles. The van der Waals surface area contributed by atoms with E-state index in [-0.39, 0.29) is 18.0 Å². The maximum Gasteiger partial charge on any atom is 0.245 e. The molecule has 22 heavy (non-hydrogen) atoms. The van der Waals surface area contributed by atoms with Crippen molar-refractivity contribution in [2.75, 3.05) is 18.1 Å². The number of hydrogen-bond donors (Lipinski definition) is 0. The Morgan fingerprint density at radius 2 is 2.18 bits per heavy atom. The molecule has 0 unspecified atom stereocenters. The van der Waals surface area contributed by atoms with Crippen molar-refractivity contribution >= 4 is 29.3 Å². The van der Waals surface area contributed by atoms with Crippen LogP contribution < -0.4 is 0 Å². The van der Waals surface area contributed by atoms with Gasteiger partial charge < -0.3 is 9.47 Å². The van der Waals surface area contributed by atoms with Crippen LogP contribution in [-0.2, 0) is 4.79 Å². The van der Waals surface area contributed by atoms with Gasteiger partial charge in [-0.3, -0.25) is 4.79 Å². The summed E-state index contributed by atoms with van der Waals surface area (Å²) in [5, 5.41) is 0.719. The molecule has 0 aliphatic carbocycles. The van der Waals surface area contributed by atoms with E-state index in [1.165, 1.54) is 0 Å². The van der Waals surface area contributed by atoms with Crippen LogP contribution in [0.4, 0.5) is 0 Å². The number of carbonyl (C=O) groups excluding carboxylic acids is 1. The van der Waals surface area contributed by atoms with Gasteiger partial charge in [0, 0.05) is 35.5 Å². The average molecular weight is 336 g/mol. The molecule has 1 amide bonds. The Bertz CT molecular complexity index is 629. The van der Waals surface area contributed by atoms with Gasteiger partial charge in [0.1, 0.15) is 6.04 Å². The molecule has 2 atom stereocenters. The number of rotatable bonds is 3. The third-order valence-electron chi connectivity index (χ3n) is 4.00. The summed E-state index contributed by atoms with van der Waals surface area (Å²) in [5.74, 6) is 2.04. The van der Waals surface area contributed by atoms with Crippen LogP contribution in [0.3, 0.4) is 0 Å². The summed E-state index contributed by atoms with van der Waals surface area (Å²) < 4.78 is 1.85. The predicted molar refractivity (Wildman–Crippen MR) is 90.2 cm³/mol. The maximum atomic E-state index is 12.9. The number of aromatic nitrogens is 2. The summed E-state index contributed by atoms with van der Waals surface area (Å²) in [4.78, 5) is 18.9. The minimum Gasteiger partial charge on any atom is -0.332 e. The summed E-state index contributed by atoms with van der Waals surface area (Å²) in [6.45, 7) is 2.69. The second-order valence-electron chi connectivity index (χ2n) is 5.36. The number of carbonyl (C=O) groups is 1. The topological polar surface area (TPSA) is 38.1 Å². The van der Waals surface area contributed by atoms with Crippen molar-refractivity contribution in [2.45, 2.75) is 19.0 Å². The van der Waals surface area contributed by atoms with Crippen molar-refractivity contribution < 1.29 is 4.79 Å². The molecule has 1 aliphatic rings. The van der Waals surface area contributed by atoms with Crippen LogP contribution in [0.25, 0.3) is 0 Å². The standard InChI is InChI=1S/C16H18ClN3OS/c1-12(19-7-6-18-11-19)16(21)20-8-9-22-10-15(20)13-2-4-14(17)5-3-13/h2-7,11-12,15H,8-10H2,1H3/t12-,15-/m0/s1. The Labute approximate surface area is 139 Å². The van der Waals surface area contributed by atoms with Gasteiger partial charge in [-0.2, -0.15) is 11.8 Å². The third-order valence-corrected chi connectivity index (χ3v) is 5.27. The van der Waals surface area contributed by atoms with Gasteiger partial charge in [-0.1, -0.05) is 23.7 Å². The SMILES string of the molecule is C[C@@H](C(=O)N1CCSC[C@H]1c1ccc(Cl)cc1)n1ccnc1. The van der Waals surface area contributed by atoms with Crippen LogP contribution in [0.15, 0.2) is 43.0 Å². The van der Waals surface area contributed by atoms with Crippen molar-refractivity contribution in [1.82, 2.24) is 14.5 Å². The fraction of sp³-hybridized carbons (Fsp3) is 0.375. The first-order valence-corrected chi connectivity index (χ1v) is 8.81. The van der Waals surface area contributed by atoms with E-state index in [0.29, 0.717) is 0 Å². The van der Waals surface area contributed by atoms with Crippen LogP contribution in [-0.4, -0.2) is 38.4 Å². The number of benzene rings is 1. The van der Waals surface area contributed by atoms with Gasteiger partial charge in [0.2, 0.25) is 5.91 Å².